The fourth-order valence-corrected chi connectivity index (χ4v) is 1.46. The number of hydrogen-bond donors (Lipinski definition) is 1. The number of nitrogens with one attached hydrogen (secondary N) is 1. The molecule has 15 heavy (non-hydrogen) atoms. The predicted molar refractivity (Wildman–Crippen MR) is 55.8 cm³/mol. The van der Waals surface area contributed by atoms with E-state index in [-0.39, 0.29) is 11.9 Å². The standard InChI is InChI=1S/C11H15NO3/c1-2-15-11(14)8-7-9-5-3-4-6-10(13)12-9/h2,7-9H,1,3-6H2,(H,12,13). The third-order valence-electron chi connectivity index (χ3n) is 2.18. The van der Waals surface area contributed by atoms with E-state index in [1.807, 2.05) is 0 Å². The van der Waals surface area contributed by atoms with Crippen LogP contribution in [0, 0.1) is 0 Å². The molecule has 1 atom stereocenters. The van der Waals surface area contributed by atoms with Crippen molar-refractivity contribution in [2.75, 3.05) is 0 Å². The van der Waals surface area contributed by atoms with Gasteiger partial charge in [0.2, 0.25) is 5.91 Å². The summed E-state index contributed by atoms with van der Waals surface area (Å²) in [5, 5.41) is 2.82. The predicted octanol–water partition coefficient (Wildman–Crippen LogP) is 1.29. The molecule has 1 heterocycles. The largest absolute Gasteiger partial charge is 0.432 e. The molecule has 1 rings (SSSR count). The van der Waals surface area contributed by atoms with E-state index >= 15 is 0 Å². The lowest BCUT2D eigenvalue weighted by Crippen LogP contribution is -2.31. The van der Waals surface area contributed by atoms with Gasteiger partial charge in [0.15, 0.2) is 0 Å². The number of amides is 1. The van der Waals surface area contributed by atoms with Crippen molar-refractivity contribution < 1.29 is 14.3 Å². The Balaban J connectivity index is 2.44. The van der Waals surface area contributed by atoms with Gasteiger partial charge in [-0.1, -0.05) is 19.1 Å². The molecule has 0 spiro atoms. The van der Waals surface area contributed by atoms with E-state index in [2.05, 4.69) is 16.6 Å². The van der Waals surface area contributed by atoms with Gasteiger partial charge in [0, 0.05) is 18.5 Å². The molecule has 1 fully saturated rings. The zero-order chi connectivity index (χ0) is 11.1. The smallest absolute Gasteiger partial charge is 0.335 e. The molecule has 0 aromatic heterocycles. The molecule has 0 aromatic carbocycles. The first-order chi connectivity index (χ1) is 7.22. The maximum atomic E-state index is 11.2. The summed E-state index contributed by atoms with van der Waals surface area (Å²) in [6.07, 6.45) is 7.40. The SMILES string of the molecule is C=COC(=O)C=CC1CCCCC(=O)N1. The van der Waals surface area contributed by atoms with E-state index in [1.165, 1.54) is 6.08 Å². The Bertz CT molecular complexity index is 284. The summed E-state index contributed by atoms with van der Waals surface area (Å²) in [6, 6.07) is -0.0580. The van der Waals surface area contributed by atoms with Crippen LogP contribution >= 0.6 is 0 Å². The van der Waals surface area contributed by atoms with Crippen LogP contribution in [0.3, 0.4) is 0 Å². The lowest BCUT2D eigenvalue weighted by Gasteiger charge is -2.09. The number of carbonyl (C=O) groups excluding carboxylic acids is 2. The number of rotatable bonds is 3. The number of ether oxygens (including phenoxy) is 1. The second kappa shape index (κ2) is 6.01. The summed E-state index contributed by atoms with van der Waals surface area (Å²) in [5.41, 5.74) is 0. The van der Waals surface area contributed by atoms with Crippen LogP contribution in [0.15, 0.2) is 25.0 Å². The van der Waals surface area contributed by atoms with Crippen LogP contribution in [0.5, 0.6) is 0 Å². The minimum Gasteiger partial charge on any atom is -0.432 e. The number of carbonyl (C=O) groups is 2. The number of hydrogen-bond acceptors (Lipinski definition) is 3. The quantitative estimate of drug-likeness (QED) is 0.433. The van der Waals surface area contributed by atoms with Crippen LogP contribution in [0.2, 0.25) is 0 Å². The Morgan fingerprint density at radius 3 is 3.07 bits per heavy atom. The van der Waals surface area contributed by atoms with E-state index in [0.29, 0.717) is 6.42 Å². The zero-order valence-electron chi connectivity index (χ0n) is 8.57. The van der Waals surface area contributed by atoms with Crippen LogP contribution in [0.4, 0.5) is 0 Å². The molecular weight excluding hydrogens is 194 g/mol. The van der Waals surface area contributed by atoms with Crippen LogP contribution in [-0.2, 0) is 14.3 Å². The lowest BCUT2D eigenvalue weighted by atomic mass is 10.1. The average Bonchev–Trinajstić information content (AvgIpc) is 2.40. The second-order valence-corrected chi connectivity index (χ2v) is 3.38. The van der Waals surface area contributed by atoms with Gasteiger partial charge in [-0.2, -0.15) is 0 Å². The van der Waals surface area contributed by atoms with Gasteiger partial charge in [0.1, 0.15) is 0 Å². The Labute approximate surface area is 89.0 Å². The molecule has 1 aliphatic rings. The van der Waals surface area contributed by atoms with Gasteiger partial charge < -0.3 is 10.1 Å². The first-order valence-corrected chi connectivity index (χ1v) is 5.01. The van der Waals surface area contributed by atoms with Gasteiger partial charge in [-0.05, 0) is 12.8 Å². The molecule has 0 saturated carbocycles. The topological polar surface area (TPSA) is 55.4 Å². The number of esters is 1. The highest BCUT2D eigenvalue weighted by molar-refractivity contribution is 5.83. The fourth-order valence-electron chi connectivity index (χ4n) is 1.46. The van der Waals surface area contributed by atoms with Gasteiger partial charge in [-0.15, -0.1) is 0 Å². The van der Waals surface area contributed by atoms with Gasteiger partial charge in [-0.25, -0.2) is 4.79 Å². The van der Waals surface area contributed by atoms with Crippen LogP contribution < -0.4 is 5.32 Å². The highest BCUT2D eigenvalue weighted by atomic mass is 16.5. The van der Waals surface area contributed by atoms with Crippen LogP contribution in [0.25, 0.3) is 0 Å². The minimum absolute atomic E-state index is 0.0410. The fraction of sp³-hybridized carbons (Fsp3) is 0.455. The van der Waals surface area contributed by atoms with Gasteiger partial charge >= 0.3 is 5.97 Å². The van der Waals surface area contributed by atoms with Crippen molar-refractivity contribution in [1.29, 1.82) is 0 Å². The van der Waals surface area contributed by atoms with Gasteiger partial charge in [-0.3, -0.25) is 4.79 Å². The van der Waals surface area contributed by atoms with Gasteiger partial charge in [0.05, 0.1) is 6.26 Å². The first-order valence-electron chi connectivity index (χ1n) is 5.01. The molecule has 4 nitrogen and oxygen atoms in total. The van der Waals surface area contributed by atoms with Crippen LogP contribution in [-0.4, -0.2) is 17.9 Å². The van der Waals surface area contributed by atoms with Crippen molar-refractivity contribution in [3.63, 3.8) is 0 Å². The highest BCUT2D eigenvalue weighted by Gasteiger charge is 2.13. The van der Waals surface area contributed by atoms with Crippen molar-refractivity contribution in [3.05, 3.63) is 25.0 Å². The Hall–Kier alpha value is -1.58. The Morgan fingerprint density at radius 1 is 1.53 bits per heavy atom. The maximum Gasteiger partial charge on any atom is 0.335 e. The van der Waals surface area contributed by atoms with E-state index in [9.17, 15) is 9.59 Å². The summed E-state index contributed by atoms with van der Waals surface area (Å²) in [4.78, 5) is 22.1. The minimum atomic E-state index is -0.469. The third-order valence-corrected chi connectivity index (χ3v) is 2.18. The van der Waals surface area contributed by atoms with Gasteiger partial charge in [0.25, 0.3) is 0 Å². The van der Waals surface area contributed by atoms with E-state index < -0.39 is 5.97 Å². The van der Waals surface area contributed by atoms with E-state index in [1.54, 1.807) is 6.08 Å². The van der Waals surface area contributed by atoms with Crippen molar-refractivity contribution in [3.8, 4) is 0 Å². The maximum absolute atomic E-state index is 11.2. The summed E-state index contributed by atoms with van der Waals surface area (Å²) >= 11 is 0. The molecule has 1 amide bonds. The molecular formula is C11H15NO3. The molecule has 1 N–H and O–H groups in total. The van der Waals surface area contributed by atoms with Crippen molar-refractivity contribution >= 4 is 11.9 Å². The molecule has 0 aromatic rings. The third kappa shape index (κ3) is 4.44. The highest BCUT2D eigenvalue weighted by Crippen LogP contribution is 2.10. The Morgan fingerprint density at radius 2 is 2.33 bits per heavy atom. The lowest BCUT2D eigenvalue weighted by molar-refractivity contribution is -0.132. The summed E-state index contributed by atoms with van der Waals surface area (Å²) in [6.45, 7) is 3.28. The van der Waals surface area contributed by atoms with Crippen molar-refractivity contribution in [2.24, 2.45) is 0 Å². The van der Waals surface area contributed by atoms with Crippen molar-refractivity contribution in [1.82, 2.24) is 5.32 Å². The monoisotopic (exact) mass is 209 g/mol. The Kier molecular flexibility index (Phi) is 4.60. The molecule has 0 radical (unpaired) electrons. The summed E-state index contributed by atoms with van der Waals surface area (Å²) in [7, 11) is 0. The molecule has 1 saturated heterocycles. The molecule has 82 valence electrons. The molecule has 0 bridgehead atoms. The molecule has 1 unspecified atom stereocenters. The second-order valence-electron chi connectivity index (χ2n) is 3.38. The van der Waals surface area contributed by atoms with E-state index in [0.717, 1.165) is 25.5 Å². The first kappa shape index (κ1) is 11.5. The summed E-state index contributed by atoms with van der Waals surface area (Å²) in [5.74, 6) is -0.428. The molecule has 1 aliphatic heterocycles. The average molecular weight is 209 g/mol. The van der Waals surface area contributed by atoms with E-state index in [4.69, 9.17) is 0 Å². The molecule has 4 heteroatoms. The molecule has 0 aliphatic carbocycles. The van der Waals surface area contributed by atoms with Crippen molar-refractivity contribution in [2.45, 2.75) is 31.7 Å². The zero-order valence-corrected chi connectivity index (χ0v) is 8.57. The normalized spacial score (nSPS) is 21.9. The summed E-state index contributed by atoms with van der Waals surface area (Å²) < 4.78 is 4.52. The van der Waals surface area contributed by atoms with Crippen LogP contribution in [0.1, 0.15) is 25.7 Å².